The molecular weight excluding hydrogens is 256 g/mol. The lowest BCUT2D eigenvalue weighted by Crippen LogP contribution is -1.95. The molecule has 5 nitrogen and oxygen atoms in total. The second-order valence-electron chi connectivity index (χ2n) is 3.44. The van der Waals surface area contributed by atoms with Crippen molar-refractivity contribution in [3.05, 3.63) is 22.0 Å². The second kappa shape index (κ2) is 6.13. The summed E-state index contributed by atoms with van der Waals surface area (Å²) in [6, 6.07) is 0. The highest BCUT2D eigenvalue weighted by Crippen LogP contribution is 2.22. The molecule has 0 aliphatic heterocycles. The molecule has 0 radical (unpaired) electrons. The van der Waals surface area contributed by atoms with Crippen molar-refractivity contribution in [2.24, 2.45) is 5.73 Å². The Morgan fingerprint density at radius 3 is 3.06 bits per heavy atom. The smallest absolute Gasteiger partial charge is 0.277 e. The highest BCUT2D eigenvalue weighted by molar-refractivity contribution is 7.98. The maximum Gasteiger partial charge on any atom is 0.277 e. The molecule has 0 aliphatic carbocycles. The van der Waals surface area contributed by atoms with E-state index in [0.717, 1.165) is 24.3 Å². The lowest BCUT2D eigenvalue weighted by atomic mass is 10.3. The van der Waals surface area contributed by atoms with E-state index in [2.05, 4.69) is 27.5 Å². The van der Waals surface area contributed by atoms with E-state index in [1.165, 1.54) is 16.8 Å². The van der Waals surface area contributed by atoms with Crippen molar-refractivity contribution in [3.8, 4) is 0 Å². The molecule has 2 N–H and O–H groups in total. The number of thioether (sulfide) groups is 1. The van der Waals surface area contributed by atoms with E-state index in [1.54, 1.807) is 11.3 Å². The van der Waals surface area contributed by atoms with Crippen LogP contribution in [0.1, 0.15) is 29.9 Å². The van der Waals surface area contributed by atoms with Crippen LogP contribution in [0, 0.1) is 0 Å². The molecule has 0 saturated carbocycles. The van der Waals surface area contributed by atoms with Crippen molar-refractivity contribution in [3.63, 3.8) is 0 Å². The third-order valence-electron chi connectivity index (χ3n) is 2.03. The van der Waals surface area contributed by atoms with E-state index in [4.69, 9.17) is 10.2 Å². The largest absolute Gasteiger partial charge is 0.415 e. The molecule has 17 heavy (non-hydrogen) atoms. The SMILES string of the molecule is CCCc1nc(CSc2nnc(CN)o2)cs1. The molecule has 0 aliphatic rings. The minimum atomic E-state index is 0.283. The Hall–Kier alpha value is -0.920. The summed E-state index contributed by atoms with van der Waals surface area (Å²) in [5, 5.41) is 11.5. The lowest BCUT2D eigenvalue weighted by molar-refractivity contribution is 0.414. The number of thiazole rings is 1. The third-order valence-corrected chi connectivity index (χ3v) is 3.84. The Morgan fingerprint density at radius 2 is 2.35 bits per heavy atom. The summed E-state index contributed by atoms with van der Waals surface area (Å²) in [4.78, 5) is 4.53. The lowest BCUT2D eigenvalue weighted by Gasteiger charge is -1.92. The summed E-state index contributed by atoms with van der Waals surface area (Å²) in [6.45, 7) is 2.44. The summed E-state index contributed by atoms with van der Waals surface area (Å²) >= 11 is 3.20. The molecule has 0 saturated heterocycles. The van der Waals surface area contributed by atoms with Gasteiger partial charge in [0, 0.05) is 11.1 Å². The summed E-state index contributed by atoms with van der Waals surface area (Å²) in [5.74, 6) is 1.23. The van der Waals surface area contributed by atoms with Gasteiger partial charge in [0.15, 0.2) is 0 Å². The minimum absolute atomic E-state index is 0.283. The van der Waals surface area contributed by atoms with Gasteiger partial charge in [-0.15, -0.1) is 21.5 Å². The second-order valence-corrected chi connectivity index (χ2v) is 5.31. The zero-order valence-corrected chi connectivity index (χ0v) is 11.2. The van der Waals surface area contributed by atoms with E-state index in [1.807, 2.05) is 0 Å². The molecule has 2 rings (SSSR count). The van der Waals surface area contributed by atoms with E-state index in [0.29, 0.717) is 11.1 Å². The molecule has 2 heterocycles. The molecule has 92 valence electrons. The monoisotopic (exact) mass is 270 g/mol. The van der Waals surface area contributed by atoms with Crippen molar-refractivity contribution in [1.82, 2.24) is 15.2 Å². The van der Waals surface area contributed by atoms with E-state index in [9.17, 15) is 0 Å². The highest BCUT2D eigenvalue weighted by atomic mass is 32.2. The predicted octanol–water partition coefficient (Wildman–Crippen LogP) is 2.23. The number of rotatable bonds is 6. The van der Waals surface area contributed by atoms with Crippen LogP contribution >= 0.6 is 23.1 Å². The maximum absolute atomic E-state index is 5.39. The average Bonchev–Trinajstić information content (AvgIpc) is 2.95. The van der Waals surface area contributed by atoms with Crippen LogP contribution in [0.25, 0.3) is 0 Å². The fourth-order valence-corrected chi connectivity index (χ4v) is 2.94. The molecule has 0 amide bonds. The van der Waals surface area contributed by atoms with Crippen LogP contribution in [0.5, 0.6) is 0 Å². The summed E-state index contributed by atoms with van der Waals surface area (Å²) < 4.78 is 5.30. The first-order valence-electron chi connectivity index (χ1n) is 5.40. The Kier molecular flexibility index (Phi) is 4.52. The Bertz CT molecular complexity index is 468. The quantitative estimate of drug-likeness (QED) is 0.811. The Balaban J connectivity index is 1.88. The van der Waals surface area contributed by atoms with Crippen LogP contribution in [0.2, 0.25) is 0 Å². The van der Waals surface area contributed by atoms with Crippen LogP contribution in [0.4, 0.5) is 0 Å². The van der Waals surface area contributed by atoms with Gasteiger partial charge < -0.3 is 10.2 Å². The van der Waals surface area contributed by atoms with Gasteiger partial charge >= 0.3 is 0 Å². The van der Waals surface area contributed by atoms with Crippen molar-refractivity contribution >= 4 is 23.1 Å². The predicted molar refractivity (Wildman–Crippen MR) is 67.9 cm³/mol. The molecular formula is C10H14N4OS2. The minimum Gasteiger partial charge on any atom is -0.415 e. The van der Waals surface area contributed by atoms with Crippen LogP contribution in [-0.2, 0) is 18.7 Å². The summed E-state index contributed by atoms with van der Waals surface area (Å²) in [5.41, 5.74) is 6.46. The first kappa shape index (κ1) is 12.5. The highest BCUT2D eigenvalue weighted by Gasteiger charge is 2.07. The van der Waals surface area contributed by atoms with Crippen molar-refractivity contribution in [2.45, 2.75) is 37.3 Å². The molecule has 0 bridgehead atoms. The van der Waals surface area contributed by atoms with Crippen LogP contribution in [-0.4, -0.2) is 15.2 Å². The topological polar surface area (TPSA) is 77.8 Å². The van der Waals surface area contributed by atoms with Gasteiger partial charge in [-0.05, 0) is 12.8 Å². The zero-order valence-electron chi connectivity index (χ0n) is 9.55. The number of aryl methyl sites for hydroxylation is 1. The molecule has 0 aromatic carbocycles. The van der Waals surface area contributed by atoms with E-state index < -0.39 is 0 Å². The number of aromatic nitrogens is 3. The molecule has 0 spiro atoms. The van der Waals surface area contributed by atoms with Crippen molar-refractivity contribution in [1.29, 1.82) is 0 Å². The van der Waals surface area contributed by atoms with E-state index >= 15 is 0 Å². The Labute approximate surface area is 108 Å². The number of hydrogen-bond acceptors (Lipinski definition) is 7. The van der Waals surface area contributed by atoms with Gasteiger partial charge in [0.05, 0.1) is 17.2 Å². The zero-order chi connectivity index (χ0) is 12.1. The number of nitrogens with two attached hydrogens (primary N) is 1. The van der Waals surface area contributed by atoms with Gasteiger partial charge in [-0.25, -0.2) is 4.98 Å². The maximum atomic E-state index is 5.39. The van der Waals surface area contributed by atoms with Gasteiger partial charge in [0.1, 0.15) is 0 Å². The molecule has 0 unspecified atom stereocenters. The van der Waals surface area contributed by atoms with Gasteiger partial charge in [-0.1, -0.05) is 18.7 Å². The van der Waals surface area contributed by atoms with Crippen LogP contribution in [0.3, 0.4) is 0 Å². The average molecular weight is 270 g/mol. The Morgan fingerprint density at radius 1 is 1.47 bits per heavy atom. The number of nitrogens with zero attached hydrogens (tertiary/aromatic N) is 3. The van der Waals surface area contributed by atoms with Crippen molar-refractivity contribution < 1.29 is 4.42 Å². The first-order valence-corrected chi connectivity index (χ1v) is 7.27. The molecule has 2 aromatic rings. The normalized spacial score (nSPS) is 10.9. The summed E-state index contributed by atoms with van der Waals surface area (Å²) in [7, 11) is 0. The standard InChI is InChI=1S/C10H14N4OS2/c1-2-3-9-12-7(5-16-9)6-17-10-14-13-8(4-11)15-10/h5H,2-4,6,11H2,1H3. The van der Waals surface area contributed by atoms with E-state index in [-0.39, 0.29) is 6.54 Å². The van der Waals surface area contributed by atoms with Gasteiger partial charge in [-0.3, -0.25) is 0 Å². The van der Waals surface area contributed by atoms with Gasteiger partial charge in [-0.2, -0.15) is 0 Å². The molecule has 7 heteroatoms. The summed E-state index contributed by atoms with van der Waals surface area (Å²) in [6.07, 6.45) is 2.18. The van der Waals surface area contributed by atoms with Gasteiger partial charge in [0.25, 0.3) is 5.22 Å². The molecule has 0 fully saturated rings. The third kappa shape index (κ3) is 3.52. The fourth-order valence-electron chi connectivity index (χ4n) is 1.26. The van der Waals surface area contributed by atoms with Crippen LogP contribution in [0.15, 0.2) is 15.0 Å². The van der Waals surface area contributed by atoms with Crippen molar-refractivity contribution in [2.75, 3.05) is 0 Å². The fraction of sp³-hybridized carbons (Fsp3) is 0.500. The first-order chi connectivity index (χ1) is 8.31. The van der Waals surface area contributed by atoms with Gasteiger partial charge in [0.2, 0.25) is 5.89 Å². The van der Waals surface area contributed by atoms with Crippen LogP contribution < -0.4 is 5.73 Å². The molecule has 0 atom stereocenters. The number of hydrogen-bond donors (Lipinski definition) is 1. The molecule has 2 aromatic heterocycles.